The van der Waals surface area contributed by atoms with Crippen LogP contribution in [0.25, 0.3) is 0 Å². The first-order chi connectivity index (χ1) is 6.75. The Labute approximate surface area is 84.2 Å². The zero-order chi connectivity index (χ0) is 9.97. The molecule has 1 aromatic heterocycles. The fraction of sp³-hybridized carbons (Fsp3) is 0.700. The minimum Gasteiger partial charge on any atom is -0.492 e. The van der Waals surface area contributed by atoms with Gasteiger partial charge in [0.05, 0.1) is 12.7 Å². The Hall–Kier alpha value is -1.03. The monoisotopic (exact) mass is 195 g/mol. The summed E-state index contributed by atoms with van der Waals surface area (Å²) in [4.78, 5) is 6.48. The fourth-order valence-electron chi connectivity index (χ4n) is 1.95. The molecule has 1 aromatic rings. The van der Waals surface area contributed by atoms with Crippen LogP contribution in [0.3, 0.4) is 0 Å². The van der Waals surface area contributed by atoms with Crippen LogP contribution in [0.5, 0.6) is 5.88 Å². The first-order valence-corrected chi connectivity index (χ1v) is 5.19. The van der Waals surface area contributed by atoms with Crippen molar-refractivity contribution < 1.29 is 5.11 Å². The van der Waals surface area contributed by atoms with Crippen molar-refractivity contribution in [1.82, 2.24) is 14.5 Å². The van der Waals surface area contributed by atoms with E-state index in [1.807, 2.05) is 11.6 Å². The largest absolute Gasteiger partial charge is 0.492 e. The zero-order valence-electron chi connectivity index (χ0n) is 8.61. The molecule has 0 saturated carbocycles. The van der Waals surface area contributed by atoms with Crippen molar-refractivity contribution in [2.24, 2.45) is 7.05 Å². The van der Waals surface area contributed by atoms with Gasteiger partial charge in [0.2, 0.25) is 5.88 Å². The second-order valence-corrected chi connectivity index (χ2v) is 3.96. The molecule has 0 atom stereocenters. The summed E-state index contributed by atoms with van der Waals surface area (Å²) in [5.74, 6) is 1.07. The van der Waals surface area contributed by atoms with Crippen LogP contribution in [0.1, 0.15) is 25.1 Å². The van der Waals surface area contributed by atoms with E-state index in [9.17, 15) is 5.11 Å². The topological polar surface area (TPSA) is 41.3 Å². The zero-order valence-corrected chi connectivity index (χ0v) is 8.61. The summed E-state index contributed by atoms with van der Waals surface area (Å²) >= 11 is 0. The molecule has 0 unspecified atom stereocenters. The van der Waals surface area contributed by atoms with Gasteiger partial charge < -0.3 is 9.67 Å². The Kier molecular flexibility index (Phi) is 2.72. The van der Waals surface area contributed by atoms with Crippen LogP contribution in [-0.4, -0.2) is 32.6 Å². The normalized spacial score (nSPS) is 18.6. The summed E-state index contributed by atoms with van der Waals surface area (Å²) in [6.07, 6.45) is 5.58. The number of hydrogen-bond acceptors (Lipinski definition) is 3. The van der Waals surface area contributed by atoms with Gasteiger partial charge in [-0.3, -0.25) is 4.90 Å². The molecule has 1 fully saturated rings. The standard InChI is InChI=1S/C10H17N3O/c1-12-8-10(14)11-9(12)7-13-5-3-2-4-6-13/h8,14H,2-7H2,1H3. The lowest BCUT2D eigenvalue weighted by atomic mass is 10.1. The highest BCUT2D eigenvalue weighted by Crippen LogP contribution is 2.14. The van der Waals surface area contributed by atoms with Crippen molar-refractivity contribution in [2.45, 2.75) is 25.8 Å². The predicted molar refractivity (Wildman–Crippen MR) is 54.0 cm³/mol. The average Bonchev–Trinajstić information content (AvgIpc) is 2.47. The molecule has 1 aliphatic rings. The molecule has 78 valence electrons. The number of hydrogen-bond donors (Lipinski definition) is 1. The number of imidazole rings is 1. The van der Waals surface area contributed by atoms with E-state index in [-0.39, 0.29) is 5.88 Å². The summed E-state index contributed by atoms with van der Waals surface area (Å²) in [5.41, 5.74) is 0. The van der Waals surface area contributed by atoms with Crippen molar-refractivity contribution in [3.05, 3.63) is 12.0 Å². The molecule has 4 heteroatoms. The van der Waals surface area contributed by atoms with E-state index in [4.69, 9.17) is 0 Å². The molecule has 4 nitrogen and oxygen atoms in total. The quantitative estimate of drug-likeness (QED) is 0.768. The minimum atomic E-state index is 0.125. The SMILES string of the molecule is Cn1cc(O)nc1CN1CCCCC1. The number of aryl methyl sites for hydroxylation is 1. The highest BCUT2D eigenvalue weighted by Gasteiger charge is 2.13. The first kappa shape index (κ1) is 9.52. The second-order valence-electron chi connectivity index (χ2n) is 3.96. The number of nitrogens with zero attached hydrogens (tertiary/aromatic N) is 3. The van der Waals surface area contributed by atoms with Crippen LogP contribution in [0.15, 0.2) is 6.20 Å². The van der Waals surface area contributed by atoms with Gasteiger partial charge in [0, 0.05) is 7.05 Å². The molecule has 2 rings (SSSR count). The summed E-state index contributed by atoms with van der Waals surface area (Å²) in [6, 6.07) is 0. The number of aromatic hydroxyl groups is 1. The van der Waals surface area contributed by atoms with Crippen molar-refractivity contribution in [2.75, 3.05) is 13.1 Å². The molecular weight excluding hydrogens is 178 g/mol. The molecule has 1 N–H and O–H groups in total. The maximum atomic E-state index is 9.21. The smallest absolute Gasteiger partial charge is 0.229 e. The van der Waals surface area contributed by atoms with Crippen molar-refractivity contribution >= 4 is 0 Å². The van der Waals surface area contributed by atoms with E-state index in [1.165, 1.54) is 19.3 Å². The summed E-state index contributed by atoms with van der Waals surface area (Å²) in [7, 11) is 1.92. The Balaban J connectivity index is 1.98. The fourth-order valence-corrected chi connectivity index (χ4v) is 1.95. The van der Waals surface area contributed by atoms with Gasteiger partial charge in [0.25, 0.3) is 0 Å². The maximum Gasteiger partial charge on any atom is 0.229 e. The number of piperidine rings is 1. The van der Waals surface area contributed by atoms with Crippen LogP contribution < -0.4 is 0 Å². The molecule has 0 spiro atoms. The van der Waals surface area contributed by atoms with Crippen LogP contribution in [0.4, 0.5) is 0 Å². The van der Waals surface area contributed by atoms with E-state index >= 15 is 0 Å². The number of aromatic nitrogens is 2. The van der Waals surface area contributed by atoms with Gasteiger partial charge in [-0.2, -0.15) is 4.98 Å². The Morgan fingerprint density at radius 3 is 2.64 bits per heavy atom. The van der Waals surface area contributed by atoms with E-state index in [1.54, 1.807) is 6.20 Å². The van der Waals surface area contributed by atoms with Crippen molar-refractivity contribution in [1.29, 1.82) is 0 Å². The molecule has 0 radical (unpaired) electrons. The highest BCUT2D eigenvalue weighted by molar-refractivity contribution is 5.07. The molecule has 0 aliphatic carbocycles. The first-order valence-electron chi connectivity index (χ1n) is 5.19. The van der Waals surface area contributed by atoms with Crippen molar-refractivity contribution in [3.8, 4) is 5.88 Å². The average molecular weight is 195 g/mol. The van der Waals surface area contributed by atoms with E-state index in [2.05, 4.69) is 9.88 Å². The minimum absolute atomic E-state index is 0.125. The molecule has 2 heterocycles. The summed E-state index contributed by atoms with van der Waals surface area (Å²) < 4.78 is 1.89. The molecule has 1 saturated heterocycles. The van der Waals surface area contributed by atoms with E-state index < -0.39 is 0 Å². The summed E-state index contributed by atoms with van der Waals surface area (Å²) in [6.45, 7) is 3.18. The van der Waals surface area contributed by atoms with E-state index in [0.29, 0.717) is 0 Å². The lowest BCUT2D eigenvalue weighted by Gasteiger charge is -2.25. The van der Waals surface area contributed by atoms with Crippen LogP contribution in [0, 0.1) is 0 Å². The van der Waals surface area contributed by atoms with Crippen molar-refractivity contribution in [3.63, 3.8) is 0 Å². The lowest BCUT2D eigenvalue weighted by molar-refractivity contribution is 0.214. The van der Waals surface area contributed by atoms with Crippen LogP contribution in [-0.2, 0) is 13.6 Å². The molecule has 0 bridgehead atoms. The van der Waals surface area contributed by atoms with Gasteiger partial charge in [0.15, 0.2) is 0 Å². The number of likely N-dealkylation sites (tertiary alicyclic amines) is 1. The Morgan fingerprint density at radius 1 is 1.36 bits per heavy atom. The van der Waals surface area contributed by atoms with Crippen LogP contribution in [0.2, 0.25) is 0 Å². The van der Waals surface area contributed by atoms with Gasteiger partial charge in [0.1, 0.15) is 5.82 Å². The van der Waals surface area contributed by atoms with Gasteiger partial charge in [-0.1, -0.05) is 6.42 Å². The molecule has 1 aliphatic heterocycles. The molecule has 0 amide bonds. The van der Waals surface area contributed by atoms with Crippen LogP contribution >= 0.6 is 0 Å². The lowest BCUT2D eigenvalue weighted by Crippen LogP contribution is -2.30. The van der Waals surface area contributed by atoms with Gasteiger partial charge >= 0.3 is 0 Å². The Bertz CT molecular complexity index is 302. The molecule has 14 heavy (non-hydrogen) atoms. The molecular formula is C10H17N3O. The third kappa shape index (κ3) is 2.07. The maximum absolute atomic E-state index is 9.21. The Morgan fingerprint density at radius 2 is 2.07 bits per heavy atom. The third-order valence-electron chi connectivity index (χ3n) is 2.77. The van der Waals surface area contributed by atoms with Gasteiger partial charge in [-0.05, 0) is 25.9 Å². The van der Waals surface area contributed by atoms with E-state index in [0.717, 1.165) is 25.5 Å². The number of rotatable bonds is 2. The molecule has 0 aromatic carbocycles. The summed E-state index contributed by atoms with van der Waals surface area (Å²) in [5, 5.41) is 9.21. The predicted octanol–water partition coefficient (Wildman–Crippen LogP) is 1.11. The van der Waals surface area contributed by atoms with Gasteiger partial charge in [-0.15, -0.1) is 0 Å². The second kappa shape index (κ2) is 4.00. The van der Waals surface area contributed by atoms with Gasteiger partial charge in [-0.25, -0.2) is 0 Å². The highest BCUT2D eigenvalue weighted by atomic mass is 16.3. The third-order valence-corrected chi connectivity index (χ3v) is 2.77.